The molecule has 0 saturated carbocycles. The smallest absolute Gasteiger partial charge is 0.317 e. The first-order chi connectivity index (χ1) is 11.6. The lowest BCUT2D eigenvalue weighted by atomic mass is 10.1. The van der Waals surface area contributed by atoms with Crippen LogP contribution in [-0.2, 0) is 18.2 Å². The second-order valence-electron chi connectivity index (χ2n) is 6.08. The Bertz CT molecular complexity index is 700. The van der Waals surface area contributed by atoms with E-state index in [0.29, 0.717) is 26.2 Å². The average molecular weight is 329 g/mol. The molecule has 1 aliphatic heterocycles. The first-order valence-corrected chi connectivity index (χ1v) is 8.17. The lowest BCUT2D eigenvalue weighted by molar-refractivity contribution is -0.0214. The molecule has 7 heteroatoms. The third kappa shape index (κ3) is 3.91. The van der Waals surface area contributed by atoms with Gasteiger partial charge in [0.25, 0.3) is 0 Å². The summed E-state index contributed by atoms with van der Waals surface area (Å²) in [7, 11) is 1.87. The zero-order valence-corrected chi connectivity index (χ0v) is 14.1. The van der Waals surface area contributed by atoms with Crippen molar-refractivity contribution in [1.29, 1.82) is 0 Å². The van der Waals surface area contributed by atoms with E-state index >= 15 is 0 Å². The molecule has 0 radical (unpaired) electrons. The minimum Gasteiger partial charge on any atom is -0.366 e. The highest BCUT2D eigenvalue weighted by molar-refractivity contribution is 5.74. The van der Waals surface area contributed by atoms with E-state index in [4.69, 9.17) is 4.74 Å². The van der Waals surface area contributed by atoms with Gasteiger partial charge in [0.05, 0.1) is 13.2 Å². The van der Waals surface area contributed by atoms with Crippen molar-refractivity contribution in [1.82, 2.24) is 25.0 Å². The van der Waals surface area contributed by atoms with E-state index < -0.39 is 0 Å². The second-order valence-corrected chi connectivity index (χ2v) is 6.08. The Balaban J connectivity index is 1.50. The van der Waals surface area contributed by atoms with Crippen molar-refractivity contribution in [2.75, 3.05) is 26.2 Å². The fourth-order valence-electron chi connectivity index (χ4n) is 2.87. The molecule has 1 fully saturated rings. The molecule has 0 unspecified atom stereocenters. The van der Waals surface area contributed by atoms with Crippen molar-refractivity contribution in [3.63, 3.8) is 0 Å². The Hall–Kier alpha value is -2.41. The number of hydrogen-bond acceptors (Lipinski definition) is 4. The largest absolute Gasteiger partial charge is 0.366 e. The quantitative estimate of drug-likeness (QED) is 0.921. The molecule has 2 aromatic rings. The molecule has 1 aromatic carbocycles. The fourth-order valence-corrected chi connectivity index (χ4v) is 2.87. The summed E-state index contributed by atoms with van der Waals surface area (Å²) in [5.41, 5.74) is 2.47. The van der Waals surface area contributed by atoms with Gasteiger partial charge in [0.1, 0.15) is 12.4 Å². The average Bonchev–Trinajstić information content (AvgIpc) is 3.01. The summed E-state index contributed by atoms with van der Waals surface area (Å²) in [6, 6.07) is 8.28. The summed E-state index contributed by atoms with van der Waals surface area (Å²) < 4.78 is 7.55. The maximum atomic E-state index is 12.4. The Kier molecular flexibility index (Phi) is 5.10. The summed E-state index contributed by atoms with van der Waals surface area (Å²) in [5.74, 6) is 0.743. The zero-order valence-electron chi connectivity index (χ0n) is 14.1. The second kappa shape index (κ2) is 7.44. The van der Waals surface area contributed by atoms with Gasteiger partial charge in [-0.25, -0.2) is 4.79 Å². The molecule has 1 aliphatic rings. The Morgan fingerprint density at radius 2 is 2.33 bits per heavy atom. The summed E-state index contributed by atoms with van der Waals surface area (Å²) in [5, 5.41) is 10.9. The summed E-state index contributed by atoms with van der Waals surface area (Å²) in [6.45, 7) is 4.27. The van der Waals surface area contributed by atoms with Gasteiger partial charge in [0, 0.05) is 20.1 Å². The topological polar surface area (TPSA) is 72.3 Å². The predicted molar refractivity (Wildman–Crippen MR) is 89.6 cm³/mol. The Labute approximate surface area is 141 Å². The number of benzene rings is 1. The molecule has 0 bridgehead atoms. The number of nitrogens with zero attached hydrogens (tertiary/aromatic N) is 4. The highest BCUT2D eigenvalue weighted by atomic mass is 16.5. The molecule has 2 amide bonds. The lowest BCUT2D eigenvalue weighted by Crippen LogP contribution is -2.47. The van der Waals surface area contributed by atoms with Crippen LogP contribution >= 0.6 is 0 Å². The van der Waals surface area contributed by atoms with Crippen LogP contribution < -0.4 is 5.32 Å². The number of hydrogen-bond donors (Lipinski definition) is 1. The number of amides is 2. The summed E-state index contributed by atoms with van der Waals surface area (Å²) in [4.78, 5) is 14.1. The molecule has 0 aliphatic carbocycles. The number of morpholine rings is 1. The van der Waals surface area contributed by atoms with Crippen LogP contribution in [0.5, 0.6) is 0 Å². The van der Waals surface area contributed by atoms with Crippen molar-refractivity contribution < 1.29 is 9.53 Å². The van der Waals surface area contributed by atoms with Gasteiger partial charge in [0.2, 0.25) is 0 Å². The molecule has 24 heavy (non-hydrogen) atoms. The molecule has 1 atom stereocenters. The molecule has 3 rings (SSSR count). The SMILES string of the molecule is Cc1cccc(CCNC(=O)N2CCO[C@@H](c3nncn3C)C2)c1. The van der Waals surface area contributed by atoms with Gasteiger partial charge in [-0.2, -0.15) is 0 Å². The highest BCUT2D eigenvalue weighted by Gasteiger charge is 2.28. The van der Waals surface area contributed by atoms with Crippen LogP contribution in [0, 0.1) is 6.92 Å². The van der Waals surface area contributed by atoms with Crippen LogP contribution in [0.3, 0.4) is 0 Å². The van der Waals surface area contributed by atoms with Gasteiger partial charge >= 0.3 is 6.03 Å². The normalized spacial score (nSPS) is 17.8. The van der Waals surface area contributed by atoms with Gasteiger partial charge in [-0.05, 0) is 18.9 Å². The maximum Gasteiger partial charge on any atom is 0.317 e. The number of urea groups is 1. The molecule has 1 aromatic heterocycles. The van der Waals surface area contributed by atoms with Crippen molar-refractivity contribution in [3.05, 3.63) is 47.5 Å². The van der Waals surface area contributed by atoms with Crippen LogP contribution in [-0.4, -0.2) is 51.9 Å². The number of aromatic nitrogens is 3. The van der Waals surface area contributed by atoms with Crippen LogP contribution in [0.2, 0.25) is 0 Å². The predicted octanol–water partition coefficient (Wildman–Crippen LogP) is 1.45. The number of ether oxygens (including phenoxy) is 1. The molecule has 128 valence electrons. The van der Waals surface area contributed by atoms with Crippen LogP contribution in [0.1, 0.15) is 23.1 Å². The molecule has 1 saturated heterocycles. The van der Waals surface area contributed by atoms with Crippen molar-refractivity contribution in [2.45, 2.75) is 19.4 Å². The Morgan fingerprint density at radius 3 is 3.08 bits per heavy atom. The van der Waals surface area contributed by atoms with Crippen molar-refractivity contribution in [2.24, 2.45) is 7.05 Å². The number of aryl methyl sites for hydroxylation is 2. The standard InChI is InChI=1S/C17H23N5O2/c1-13-4-3-5-14(10-13)6-7-18-17(23)22-8-9-24-15(11-22)16-20-19-12-21(16)2/h3-5,10,12,15H,6-9,11H2,1-2H3,(H,18,23)/t15-/m1/s1. The molecule has 0 spiro atoms. The van der Waals surface area contributed by atoms with Crippen molar-refractivity contribution >= 4 is 6.03 Å². The number of carbonyl (C=O) groups excluding carboxylic acids is 1. The van der Waals surface area contributed by atoms with E-state index in [1.807, 2.05) is 17.7 Å². The van der Waals surface area contributed by atoms with E-state index in [2.05, 4.69) is 40.6 Å². The third-order valence-electron chi connectivity index (χ3n) is 4.16. The van der Waals surface area contributed by atoms with E-state index in [9.17, 15) is 4.79 Å². The summed E-state index contributed by atoms with van der Waals surface area (Å²) >= 11 is 0. The molecule has 2 heterocycles. The van der Waals surface area contributed by atoms with Gasteiger partial charge in [-0.3, -0.25) is 0 Å². The van der Waals surface area contributed by atoms with Gasteiger partial charge in [-0.1, -0.05) is 29.8 Å². The van der Waals surface area contributed by atoms with Crippen LogP contribution in [0.4, 0.5) is 4.79 Å². The first-order valence-electron chi connectivity index (χ1n) is 8.17. The van der Waals surface area contributed by atoms with Gasteiger partial charge in [0.15, 0.2) is 5.82 Å². The van der Waals surface area contributed by atoms with Gasteiger partial charge in [-0.15, -0.1) is 10.2 Å². The van der Waals surface area contributed by atoms with Gasteiger partial charge < -0.3 is 19.5 Å². The minimum absolute atomic E-state index is 0.0573. The van der Waals surface area contributed by atoms with Crippen LogP contribution in [0.25, 0.3) is 0 Å². The van der Waals surface area contributed by atoms with Crippen LogP contribution in [0.15, 0.2) is 30.6 Å². The number of rotatable bonds is 4. The van der Waals surface area contributed by atoms with E-state index in [0.717, 1.165) is 12.2 Å². The lowest BCUT2D eigenvalue weighted by Gasteiger charge is -2.32. The fraction of sp³-hybridized carbons (Fsp3) is 0.471. The number of carbonyl (C=O) groups is 1. The van der Waals surface area contributed by atoms with Crippen molar-refractivity contribution in [3.8, 4) is 0 Å². The monoisotopic (exact) mass is 329 g/mol. The third-order valence-corrected chi connectivity index (χ3v) is 4.16. The molecule has 7 nitrogen and oxygen atoms in total. The maximum absolute atomic E-state index is 12.4. The number of nitrogens with one attached hydrogen (secondary N) is 1. The Morgan fingerprint density at radius 1 is 1.46 bits per heavy atom. The molecular weight excluding hydrogens is 306 g/mol. The highest BCUT2D eigenvalue weighted by Crippen LogP contribution is 2.19. The minimum atomic E-state index is -0.228. The molecule has 1 N–H and O–H groups in total. The van der Waals surface area contributed by atoms with E-state index in [1.54, 1.807) is 11.2 Å². The molecular formula is C17H23N5O2. The first kappa shape index (κ1) is 16.4. The van der Waals surface area contributed by atoms with E-state index in [1.165, 1.54) is 11.1 Å². The van der Waals surface area contributed by atoms with E-state index in [-0.39, 0.29) is 12.1 Å². The zero-order chi connectivity index (χ0) is 16.9. The summed E-state index contributed by atoms with van der Waals surface area (Å²) in [6.07, 6.45) is 2.23.